The van der Waals surface area contributed by atoms with E-state index in [1.165, 1.54) is 17.4 Å². The summed E-state index contributed by atoms with van der Waals surface area (Å²) in [5, 5.41) is 6.80. The van der Waals surface area contributed by atoms with Crippen LogP contribution < -0.4 is 10.6 Å². The van der Waals surface area contributed by atoms with Crippen LogP contribution in [0.4, 0.5) is 4.39 Å². The van der Waals surface area contributed by atoms with Crippen molar-refractivity contribution in [2.75, 3.05) is 46.4 Å². The summed E-state index contributed by atoms with van der Waals surface area (Å²) < 4.78 is 20.1. The van der Waals surface area contributed by atoms with Gasteiger partial charge in [0.2, 0.25) is 0 Å². The Bertz CT molecular complexity index is 728. The van der Waals surface area contributed by atoms with Gasteiger partial charge in [-0.25, -0.2) is 4.39 Å². The highest BCUT2D eigenvalue weighted by atomic mass is 32.1. The topological polar surface area (TPSA) is 53.6 Å². The van der Waals surface area contributed by atoms with E-state index < -0.39 is 0 Å². The van der Waals surface area contributed by atoms with Gasteiger partial charge in [0.25, 0.3) is 5.91 Å². The van der Waals surface area contributed by atoms with Crippen LogP contribution >= 0.6 is 11.3 Å². The molecule has 1 aromatic heterocycles. The van der Waals surface area contributed by atoms with Gasteiger partial charge >= 0.3 is 0 Å². The number of benzene rings is 1. The normalized spacial score (nSPS) is 15.6. The molecule has 1 fully saturated rings. The Labute approximate surface area is 151 Å². The molecule has 0 atom stereocenters. The lowest BCUT2D eigenvalue weighted by Crippen LogP contribution is -2.44. The first kappa shape index (κ1) is 18.3. The molecule has 3 rings (SSSR count). The molecule has 0 spiro atoms. The molecule has 7 heteroatoms. The quantitative estimate of drug-likeness (QED) is 0.739. The maximum absolute atomic E-state index is 14.2. The van der Waals surface area contributed by atoms with Crippen LogP contribution in [0.1, 0.15) is 21.7 Å². The third kappa shape index (κ3) is 4.36. The van der Waals surface area contributed by atoms with E-state index in [1.807, 2.05) is 6.07 Å². The lowest BCUT2D eigenvalue weighted by atomic mass is 10.1. The molecule has 1 aliphatic heterocycles. The van der Waals surface area contributed by atoms with E-state index in [0.29, 0.717) is 22.4 Å². The van der Waals surface area contributed by atoms with Gasteiger partial charge in [0, 0.05) is 55.5 Å². The number of carbonyl (C=O) groups is 1. The summed E-state index contributed by atoms with van der Waals surface area (Å²) in [7, 11) is 1.56. The number of methoxy groups -OCH3 is 1. The molecule has 1 amide bonds. The fraction of sp³-hybridized carbons (Fsp3) is 0.500. The molecule has 136 valence electrons. The predicted octanol–water partition coefficient (Wildman–Crippen LogP) is 2.21. The van der Waals surface area contributed by atoms with Crippen LogP contribution in [0.15, 0.2) is 18.2 Å². The second kappa shape index (κ2) is 8.71. The number of thiophene rings is 1. The lowest BCUT2D eigenvalue weighted by molar-refractivity contribution is 0.0951. The van der Waals surface area contributed by atoms with Crippen molar-refractivity contribution in [3.05, 3.63) is 34.5 Å². The zero-order chi connectivity index (χ0) is 17.6. The van der Waals surface area contributed by atoms with E-state index in [2.05, 4.69) is 15.5 Å². The van der Waals surface area contributed by atoms with Crippen LogP contribution in [0.2, 0.25) is 0 Å². The van der Waals surface area contributed by atoms with Crippen molar-refractivity contribution in [2.45, 2.75) is 13.0 Å². The van der Waals surface area contributed by atoms with Gasteiger partial charge in [-0.05, 0) is 25.1 Å². The monoisotopic (exact) mass is 365 g/mol. The number of hydrogen-bond donors (Lipinski definition) is 2. The Morgan fingerprint density at radius 3 is 2.96 bits per heavy atom. The van der Waals surface area contributed by atoms with Crippen molar-refractivity contribution >= 4 is 27.3 Å². The number of halogens is 1. The molecular formula is C18H24FN3O2S. The van der Waals surface area contributed by atoms with Crippen molar-refractivity contribution < 1.29 is 13.9 Å². The van der Waals surface area contributed by atoms with Crippen LogP contribution in [0.5, 0.6) is 0 Å². The van der Waals surface area contributed by atoms with Gasteiger partial charge in [0.1, 0.15) is 5.82 Å². The van der Waals surface area contributed by atoms with Crippen molar-refractivity contribution in [1.82, 2.24) is 15.5 Å². The molecule has 0 unspecified atom stereocenters. The summed E-state index contributed by atoms with van der Waals surface area (Å²) in [6.07, 6.45) is 0.907. The number of nitrogens with zero attached hydrogens (tertiary/aromatic N) is 1. The van der Waals surface area contributed by atoms with Crippen LogP contribution in [-0.4, -0.2) is 57.2 Å². The average Bonchev–Trinajstić information content (AvgIpc) is 3.00. The summed E-state index contributed by atoms with van der Waals surface area (Å²) in [4.78, 5) is 15.5. The minimum atomic E-state index is -0.307. The predicted molar refractivity (Wildman–Crippen MR) is 98.8 cm³/mol. The number of carbonyl (C=O) groups excluding carboxylic acids is 1. The first-order valence-corrected chi connectivity index (χ1v) is 9.42. The fourth-order valence-electron chi connectivity index (χ4n) is 3.15. The minimum absolute atomic E-state index is 0.145. The first-order valence-electron chi connectivity index (χ1n) is 8.61. The molecule has 0 aliphatic carbocycles. The smallest absolute Gasteiger partial charge is 0.261 e. The minimum Gasteiger partial charge on any atom is -0.380 e. The maximum Gasteiger partial charge on any atom is 0.261 e. The molecule has 1 aliphatic rings. The van der Waals surface area contributed by atoms with Crippen molar-refractivity contribution in [2.24, 2.45) is 0 Å². The molecule has 1 aromatic carbocycles. The van der Waals surface area contributed by atoms with Crippen LogP contribution in [0.3, 0.4) is 0 Å². The molecule has 2 N–H and O–H groups in total. The van der Waals surface area contributed by atoms with Gasteiger partial charge in [-0.15, -0.1) is 11.3 Å². The Kier molecular flexibility index (Phi) is 6.36. The number of nitrogens with one attached hydrogen (secondary N) is 2. The van der Waals surface area contributed by atoms with Crippen molar-refractivity contribution in [3.8, 4) is 0 Å². The van der Waals surface area contributed by atoms with Crippen LogP contribution in [0.25, 0.3) is 10.1 Å². The molecular weight excluding hydrogens is 341 g/mol. The second-order valence-corrected chi connectivity index (χ2v) is 7.21. The molecule has 2 heterocycles. The standard InChI is InChI=1S/C18H24FN3O2S/c1-24-12-13-16-14(19)4-2-5-15(16)25-17(13)18(23)21-6-3-9-22-10-7-20-8-11-22/h2,4-5,20H,3,6-12H2,1H3,(H,21,23). The van der Waals surface area contributed by atoms with E-state index in [9.17, 15) is 9.18 Å². The van der Waals surface area contributed by atoms with Crippen molar-refractivity contribution in [1.29, 1.82) is 0 Å². The molecule has 1 saturated heterocycles. The van der Waals surface area contributed by atoms with Gasteiger partial charge in [0.05, 0.1) is 11.5 Å². The maximum atomic E-state index is 14.2. The number of piperazine rings is 1. The Hall–Kier alpha value is -1.54. The molecule has 5 nitrogen and oxygen atoms in total. The lowest BCUT2D eigenvalue weighted by Gasteiger charge is -2.27. The number of ether oxygens (including phenoxy) is 1. The highest BCUT2D eigenvalue weighted by Crippen LogP contribution is 2.33. The van der Waals surface area contributed by atoms with Crippen molar-refractivity contribution in [3.63, 3.8) is 0 Å². The van der Waals surface area contributed by atoms with E-state index in [4.69, 9.17) is 4.74 Å². The highest BCUT2D eigenvalue weighted by Gasteiger charge is 2.20. The number of rotatable bonds is 7. The van der Waals surface area contributed by atoms with Gasteiger partial charge < -0.3 is 20.3 Å². The number of amides is 1. The van der Waals surface area contributed by atoms with Gasteiger partial charge in [0.15, 0.2) is 0 Å². The third-order valence-electron chi connectivity index (χ3n) is 4.40. The Morgan fingerprint density at radius 2 is 2.20 bits per heavy atom. The Morgan fingerprint density at radius 1 is 1.40 bits per heavy atom. The number of fused-ring (bicyclic) bond motifs is 1. The summed E-state index contributed by atoms with van der Waals surface area (Å²) in [5.74, 6) is -0.452. The molecule has 0 radical (unpaired) electrons. The van der Waals surface area contributed by atoms with Crippen LogP contribution in [-0.2, 0) is 11.3 Å². The summed E-state index contributed by atoms with van der Waals surface area (Å²) in [6.45, 7) is 5.99. The van der Waals surface area contributed by atoms with E-state index >= 15 is 0 Å². The van der Waals surface area contributed by atoms with Gasteiger partial charge in [-0.1, -0.05) is 6.07 Å². The summed E-state index contributed by atoms with van der Waals surface area (Å²) >= 11 is 1.32. The largest absolute Gasteiger partial charge is 0.380 e. The second-order valence-electron chi connectivity index (χ2n) is 6.16. The molecule has 0 saturated carbocycles. The SMILES string of the molecule is COCc1c(C(=O)NCCCN2CCNCC2)sc2cccc(F)c12. The number of hydrogen-bond acceptors (Lipinski definition) is 5. The van der Waals surface area contributed by atoms with Gasteiger partial charge in [-0.3, -0.25) is 4.79 Å². The molecule has 0 bridgehead atoms. The van der Waals surface area contributed by atoms with E-state index in [-0.39, 0.29) is 18.3 Å². The third-order valence-corrected chi connectivity index (χ3v) is 5.60. The van der Waals surface area contributed by atoms with Gasteiger partial charge in [-0.2, -0.15) is 0 Å². The summed E-state index contributed by atoms with van der Waals surface area (Å²) in [5.41, 5.74) is 0.639. The zero-order valence-corrected chi connectivity index (χ0v) is 15.3. The van der Waals surface area contributed by atoms with Crippen LogP contribution in [0, 0.1) is 5.82 Å². The molecule has 2 aromatic rings. The average molecular weight is 365 g/mol. The first-order chi connectivity index (χ1) is 12.2. The van der Waals surface area contributed by atoms with E-state index in [1.54, 1.807) is 13.2 Å². The van der Waals surface area contributed by atoms with E-state index in [0.717, 1.165) is 43.8 Å². The summed E-state index contributed by atoms with van der Waals surface area (Å²) in [6, 6.07) is 4.92. The Balaban J connectivity index is 1.63. The fourth-order valence-corrected chi connectivity index (χ4v) is 4.29. The highest BCUT2D eigenvalue weighted by molar-refractivity contribution is 7.21. The zero-order valence-electron chi connectivity index (χ0n) is 14.4. The molecule has 25 heavy (non-hydrogen) atoms.